The highest BCUT2D eigenvalue weighted by molar-refractivity contribution is 5.90. The van der Waals surface area contributed by atoms with Crippen LogP contribution in [0.3, 0.4) is 0 Å². The summed E-state index contributed by atoms with van der Waals surface area (Å²) in [6.45, 7) is 1.98. The summed E-state index contributed by atoms with van der Waals surface area (Å²) >= 11 is 0. The zero-order chi connectivity index (χ0) is 19.5. The number of amides is 1. The standard InChI is InChI=1S/C22H27N3O3/c1-25-20-11-16(21(27-2)12-17(20)14-28-22(25)26)13-24-18-7-5-6-15(10-18)19-8-3-4-9-23-19/h5-7,10-12,19,23-24H,3-4,8-9,13-14H2,1-2H3/t19-/m0/s1. The minimum Gasteiger partial charge on any atom is -0.496 e. The van der Waals surface area contributed by atoms with E-state index in [-0.39, 0.29) is 12.7 Å². The summed E-state index contributed by atoms with van der Waals surface area (Å²) in [5, 5.41) is 7.11. The quantitative estimate of drug-likeness (QED) is 0.812. The largest absolute Gasteiger partial charge is 0.496 e. The van der Waals surface area contributed by atoms with Crippen molar-refractivity contribution < 1.29 is 14.3 Å². The number of benzene rings is 2. The van der Waals surface area contributed by atoms with Gasteiger partial charge < -0.3 is 20.1 Å². The van der Waals surface area contributed by atoms with Gasteiger partial charge in [0.25, 0.3) is 0 Å². The number of nitrogens with zero attached hydrogens (tertiary/aromatic N) is 1. The lowest BCUT2D eigenvalue weighted by Crippen LogP contribution is -2.32. The monoisotopic (exact) mass is 381 g/mol. The molecule has 0 aromatic heterocycles. The zero-order valence-electron chi connectivity index (χ0n) is 16.5. The Morgan fingerprint density at radius 1 is 1.29 bits per heavy atom. The molecule has 1 saturated heterocycles. The number of piperidine rings is 1. The minimum absolute atomic E-state index is 0.277. The Balaban J connectivity index is 1.52. The van der Waals surface area contributed by atoms with E-state index in [2.05, 4.69) is 34.9 Å². The molecule has 1 atom stereocenters. The second-order valence-electron chi connectivity index (χ2n) is 7.39. The van der Waals surface area contributed by atoms with Crippen molar-refractivity contribution >= 4 is 17.5 Å². The van der Waals surface area contributed by atoms with Gasteiger partial charge in [0.1, 0.15) is 12.4 Å². The first-order valence-corrected chi connectivity index (χ1v) is 9.83. The van der Waals surface area contributed by atoms with Gasteiger partial charge in [0.15, 0.2) is 0 Å². The average molecular weight is 381 g/mol. The number of carbonyl (C=O) groups excluding carboxylic acids is 1. The molecule has 0 spiro atoms. The molecule has 2 aromatic carbocycles. The topological polar surface area (TPSA) is 62.8 Å². The van der Waals surface area contributed by atoms with Crippen molar-refractivity contribution in [3.63, 3.8) is 0 Å². The Morgan fingerprint density at radius 3 is 2.96 bits per heavy atom. The first-order chi connectivity index (χ1) is 13.7. The van der Waals surface area contributed by atoms with Gasteiger partial charge in [-0.3, -0.25) is 4.90 Å². The van der Waals surface area contributed by atoms with Crippen LogP contribution in [0.4, 0.5) is 16.2 Å². The van der Waals surface area contributed by atoms with Crippen molar-refractivity contribution in [3.8, 4) is 5.75 Å². The Bertz CT molecular complexity index is 862. The molecule has 2 N–H and O–H groups in total. The molecule has 0 radical (unpaired) electrons. The summed E-state index contributed by atoms with van der Waals surface area (Å²) in [5.41, 5.74) is 5.23. The molecule has 0 saturated carbocycles. The molecule has 148 valence electrons. The van der Waals surface area contributed by atoms with Crippen LogP contribution >= 0.6 is 0 Å². The van der Waals surface area contributed by atoms with Gasteiger partial charge in [-0.1, -0.05) is 18.6 Å². The number of hydrogen-bond acceptors (Lipinski definition) is 5. The van der Waals surface area contributed by atoms with Crippen LogP contribution in [0.1, 0.15) is 42.0 Å². The molecular formula is C22H27N3O3. The maximum absolute atomic E-state index is 11.8. The lowest BCUT2D eigenvalue weighted by atomic mass is 9.97. The number of fused-ring (bicyclic) bond motifs is 1. The van der Waals surface area contributed by atoms with E-state index >= 15 is 0 Å². The van der Waals surface area contributed by atoms with Gasteiger partial charge in [-0.2, -0.15) is 0 Å². The second kappa shape index (κ2) is 8.10. The van der Waals surface area contributed by atoms with Crippen LogP contribution in [0.25, 0.3) is 0 Å². The van der Waals surface area contributed by atoms with Gasteiger partial charge in [0.05, 0.1) is 12.8 Å². The molecule has 1 fully saturated rings. The van der Waals surface area contributed by atoms with Crippen molar-refractivity contribution in [2.45, 2.75) is 38.5 Å². The van der Waals surface area contributed by atoms with E-state index in [1.165, 1.54) is 29.7 Å². The van der Waals surface area contributed by atoms with Crippen LogP contribution in [0.2, 0.25) is 0 Å². The molecule has 6 heteroatoms. The van der Waals surface area contributed by atoms with Gasteiger partial charge in [-0.05, 0) is 49.2 Å². The number of methoxy groups -OCH3 is 1. The maximum Gasteiger partial charge on any atom is 0.414 e. The highest BCUT2D eigenvalue weighted by Crippen LogP contribution is 2.33. The van der Waals surface area contributed by atoms with Crippen LogP contribution in [-0.2, 0) is 17.9 Å². The van der Waals surface area contributed by atoms with Crippen molar-refractivity contribution in [3.05, 3.63) is 53.1 Å². The van der Waals surface area contributed by atoms with Crippen molar-refractivity contribution in [1.82, 2.24) is 5.32 Å². The van der Waals surface area contributed by atoms with E-state index in [1.54, 1.807) is 14.2 Å². The summed E-state index contributed by atoms with van der Waals surface area (Å²) in [6, 6.07) is 13.0. The van der Waals surface area contributed by atoms with Crippen LogP contribution in [-0.4, -0.2) is 26.8 Å². The van der Waals surface area contributed by atoms with Crippen LogP contribution in [0, 0.1) is 0 Å². The van der Waals surface area contributed by atoms with Gasteiger partial charge in [0.2, 0.25) is 0 Å². The third-order valence-corrected chi connectivity index (χ3v) is 5.55. The molecule has 2 heterocycles. The highest BCUT2D eigenvalue weighted by atomic mass is 16.6. The maximum atomic E-state index is 11.8. The number of hydrogen-bond donors (Lipinski definition) is 2. The SMILES string of the molecule is COc1cc2c(cc1CNc1cccc([C@@H]3CCCCN3)c1)N(C)C(=O)OC2. The van der Waals surface area contributed by atoms with Gasteiger partial charge in [0, 0.05) is 36.4 Å². The van der Waals surface area contributed by atoms with Gasteiger partial charge >= 0.3 is 6.09 Å². The fourth-order valence-corrected chi connectivity index (χ4v) is 3.94. The number of rotatable bonds is 5. The lowest BCUT2D eigenvalue weighted by Gasteiger charge is -2.27. The Kier molecular flexibility index (Phi) is 5.39. The van der Waals surface area contributed by atoms with E-state index in [0.717, 1.165) is 34.8 Å². The minimum atomic E-state index is -0.329. The molecular weight excluding hydrogens is 354 g/mol. The first kappa shape index (κ1) is 18.6. The fraction of sp³-hybridized carbons (Fsp3) is 0.409. The summed E-state index contributed by atoms with van der Waals surface area (Å²) in [7, 11) is 3.39. The zero-order valence-corrected chi connectivity index (χ0v) is 16.5. The summed E-state index contributed by atoms with van der Waals surface area (Å²) in [6.07, 6.45) is 3.39. The van der Waals surface area contributed by atoms with E-state index in [1.807, 2.05) is 12.1 Å². The Labute approximate surface area is 165 Å². The van der Waals surface area contributed by atoms with E-state index < -0.39 is 0 Å². The second-order valence-corrected chi connectivity index (χ2v) is 7.39. The molecule has 2 aromatic rings. The number of carbonyl (C=O) groups is 1. The highest BCUT2D eigenvalue weighted by Gasteiger charge is 2.24. The summed E-state index contributed by atoms with van der Waals surface area (Å²) in [5.74, 6) is 0.794. The Morgan fingerprint density at radius 2 is 2.18 bits per heavy atom. The van der Waals surface area contributed by atoms with Crippen LogP contribution in [0.5, 0.6) is 5.75 Å². The normalized spacial score (nSPS) is 19.0. The van der Waals surface area contributed by atoms with Gasteiger partial charge in [-0.15, -0.1) is 0 Å². The lowest BCUT2D eigenvalue weighted by molar-refractivity contribution is 0.143. The predicted octanol–water partition coefficient (Wildman–Crippen LogP) is 4.21. The number of ether oxygens (including phenoxy) is 2. The predicted molar refractivity (Wildman–Crippen MR) is 110 cm³/mol. The Hall–Kier alpha value is -2.73. The average Bonchev–Trinajstić information content (AvgIpc) is 2.75. The van der Waals surface area contributed by atoms with E-state index in [9.17, 15) is 4.79 Å². The number of nitrogens with one attached hydrogen (secondary N) is 2. The molecule has 6 nitrogen and oxygen atoms in total. The fourth-order valence-electron chi connectivity index (χ4n) is 3.94. The third-order valence-electron chi connectivity index (χ3n) is 5.55. The molecule has 2 aliphatic rings. The van der Waals surface area contributed by atoms with Crippen molar-refractivity contribution in [2.75, 3.05) is 30.9 Å². The van der Waals surface area contributed by atoms with Gasteiger partial charge in [-0.25, -0.2) is 4.79 Å². The molecule has 28 heavy (non-hydrogen) atoms. The molecule has 0 unspecified atom stereocenters. The van der Waals surface area contributed by atoms with E-state index in [4.69, 9.17) is 9.47 Å². The van der Waals surface area contributed by atoms with Crippen LogP contribution in [0.15, 0.2) is 36.4 Å². The third kappa shape index (κ3) is 3.78. The summed E-state index contributed by atoms with van der Waals surface area (Å²) in [4.78, 5) is 13.4. The number of cyclic esters (lactones) is 1. The van der Waals surface area contributed by atoms with E-state index in [0.29, 0.717) is 12.6 Å². The molecule has 0 bridgehead atoms. The summed E-state index contributed by atoms with van der Waals surface area (Å²) < 4.78 is 10.7. The first-order valence-electron chi connectivity index (χ1n) is 9.83. The smallest absolute Gasteiger partial charge is 0.414 e. The molecule has 1 amide bonds. The van der Waals surface area contributed by atoms with Crippen LogP contribution < -0.4 is 20.3 Å². The molecule has 2 aliphatic heterocycles. The molecule has 0 aliphatic carbocycles. The van der Waals surface area contributed by atoms with Crippen molar-refractivity contribution in [1.29, 1.82) is 0 Å². The molecule has 4 rings (SSSR count). The van der Waals surface area contributed by atoms with Crippen molar-refractivity contribution in [2.24, 2.45) is 0 Å². The number of anilines is 2.